The van der Waals surface area contributed by atoms with Crippen LogP contribution in [0.2, 0.25) is 0 Å². The van der Waals surface area contributed by atoms with Crippen LogP contribution < -0.4 is 4.74 Å². The molecule has 0 heterocycles. The fraction of sp³-hybridized carbons (Fsp3) is 0. The summed E-state index contributed by atoms with van der Waals surface area (Å²) < 4.78 is 55.0. The van der Waals surface area contributed by atoms with Gasteiger partial charge in [0, 0.05) is 15.2 Å². The summed E-state index contributed by atoms with van der Waals surface area (Å²) in [5, 5.41) is 0. The third-order valence-corrected chi connectivity index (χ3v) is 4.79. The molecule has 0 amide bonds. The largest absolute Gasteiger partial charge is 0.453 e. The van der Waals surface area contributed by atoms with E-state index in [9.17, 15) is 17.2 Å². The summed E-state index contributed by atoms with van der Waals surface area (Å²) in [6.07, 6.45) is 0. The van der Waals surface area contributed by atoms with Crippen molar-refractivity contribution in [3.63, 3.8) is 0 Å². The van der Waals surface area contributed by atoms with Crippen LogP contribution in [-0.2, 0) is 9.05 Å². The van der Waals surface area contributed by atoms with Crippen LogP contribution in [0.15, 0.2) is 44.2 Å². The van der Waals surface area contributed by atoms with Gasteiger partial charge in [0.2, 0.25) is 5.82 Å². The van der Waals surface area contributed by atoms with E-state index in [0.29, 0.717) is 4.47 Å². The number of ether oxygens (including phenoxy) is 1. The van der Waals surface area contributed by atoms with E-state index in [4.69, 9.17) is 15.4 Å². The first-order valence-electron chi connectivity index (χ1n) is 5.25. The van der Waals surface area contributed by atoms with Gasteiger partial charge in [0.15, 0.2) is 11.6 Å². The van der Waals surface area contributed by atoms with E-state index in [0.717, 1.165) is 6.07 Å². The molecule has 0 spiro atoms. The van der Waals surface area contributed by atoms with Crippen LogP contribution in [0.5, 0.6) is 11.5 Å². The number of hydrogen-bond acceptors (Lipinski definition) is 3. The van der Waals surface area contributed by atoms with Gasteiger partial charge >= 0.3 is 0 Å². The zero-order valence-corrected chi connectivity index (χ0v) is 14.7. The highest BCUT2D eigenvalue weighted by molar-refractivity contribution is 9.10. The average molecular weight is 462 g/mol. The smallest absolute Gasteiger partial charge is 0.261 e. The van der Waals surface area contributed by atoms with E-state index in [-0.39, 0.29) is 20.9 Å². The zero-order chi connectivity index (χ0) is 15.8. The molecular weight excluding hydrogens is 457 g/mol. The lowest BCUT2D eigenvalue weighted by molar-refractivity contribution is 0.413. The van der Waals surface area contributed by atoms with Crippen molar-refractivity contribution >= 4 is 51.6 Å². The first-order chi connectivity index (χ1) is 9.68. The maximum Gasteiger partial charge on any atom is 0.261 e. The van der Waals surface area contributed by atoms with Crippen molar-refractivity contribution in [1.29, 1.82) is 0 Å². The molecule has 0 saturated heterocycles. The molecule has 9 heteroatoms. The second kappa shape index (κ2) is 6.20. The summed E-state index contributed by atoms with van der Waals surface area (Å²) >= 11 is 6.10. The van der Waals surface area contributed by atoms with Crippen LogP contribution in [-0.4, -0.2) is 8.42 Å². The minimum atomic E-state index is -3.89. The van der Waals surface area contributed by atoms with Crippen molar-refractivity contribution in [2.24, 2.45) is 0 Å². The van der Waals surface area contributed by atoms with E-state index in [2.05, 4.69) is 31.9 Å². The molecule has 0 fully saturated rings. The maximum atomic E-state index is 13.6. The molecule has 112 valence electrons. The van der Waals surface area contributed by atoms with Gasteiger partial charge in [-0.25, -0.2) is 12.8 Å². The molecule has 21 heavy (non-hydrogen) atoms. The number of halogens is 5. The van der Waals surface area contributed by atoms with Crippen LogP contribution >= 0.6 is 42.5 Å². The van der Waals surface area contributed by atoms with Gasteiger partial charge in [-0.1, -0.05) is 15.9 Å². The van der Waals surface area contributed by atoms with Gasteiger partial charge in [-0.05, 0) is 46.3 Å². The second-order valence-electron chi connectivity index (χ2n) is 3.83. The molecule has 0 saturated carbocycles. The highest BCUT2D eigenvalue weighted by Crippen LogP contribution is 2.35. The Kier molecular flexibility index (Phi) is 4.92. The van der Waals surface area contributed by atoms with E-state index >= 15 is 0 Å². The molecule has 0 N–H and O–H groups in total. The molecule has 2 rings (SSSR count). The Morgan fingerprint density at radius 3 is 2.29 bits per heavy atom. The van der Waals surface area contributed by atoms with Crippen molar-refractivity contribution in [3.05, 3.63) is 50.9 Å². The molecule has 0 aliphatic heterocycles. The Hall–Kier alpha value is -0.700. The Balaban J connectivity index is 2.42. The monoisotopic (exact) mass is 460 g/mol. The van der Waals surface area contributed by atoms with Crippen LogP contribution in [0, 0.1) is 11.6 Å². The molecule has 3 nitrogen and oxygen atoms in total. The fourth-order valence-corrected chi connectivity index (χ4v) is 3.24. The van der Waals surface area contributed by atoms with Gasteiger partial charge < -0.3 is 4.74 Å². The van der Waals surface area contributed by atoms with Gasteiger partial charge in [0.1, 0.15) is 5.75 Å². The Bertz CT molecular complexity index is 812. The zero-order valence-electron chi connectivity index (χ0n) is 9.91. The summed E-state index contributed by atoms with van der Waals surface area (Å²) in [7, 11) is 1.31. The number of rotatable bonds is 3. The average Bonchev–Trinajstić information content (AvgIpc) is 2.36. The van der Waals surface area contributed by atoms with Gasteiger partial charge in [0.05, 0.1) is 9.37 Å². The Morgan fingerprint density at radius 1 is 1.05 bits per heavy atom. The summed E-state index contributed by atoms with van der Waals surface area (Å²) in [6.45, 7) is 0. The minimum Gasteiger partial charge on any atom is -0.453 e. The van der Waals surface area contributed by atoms with Crippen molar-refractivity contribution in [3.8, 4) is 11.5 Å². The van der Waals surface area contributed by atoms with E-state index in [1.165, 1.54) is 24.3 Å². The van der Waals surface area contributed by atoms with Crippen molar-refractivity contribution in [1.82, 2.24) is 0 Å². The molecule has 0 aromatic heterocycles. The predicted octanol–water partition coefficient (Wildman–Crippen LogP) is 5.21. The second-order valence-corrected chi connectivity index (χ2v) is 8.17. The number of hydrogen-bond donors (Lipinski definition) is 0. The van der Waals surface area contributed by atoms with E-state index < -0.39 is 20.7 Å². The normalized spacial score (nSPS) is 11.5. The lowest BCUT2D eigenvalue weighted by atomic mass is 10.3. The standard InChI is InChI=1S/C12H5Br2ClF2O3S/c13-6-3-9(16)12(17)11(4-6)20-10-2-1-7(5-8(10)14)21(15,18)19/h1-5H. The SMILES string of the molecule is O=S(=O)(Cl)c1ccc(Oc2cc(Br)cc(F)c2F)c(Br)c1. The molecule has 2 aromatic carbocycles. The third kappa shape index (κ3) is 3.94. The van der Waals surface area contributed by atoms with E-state index in [1.807, 2.05) is 0 Å². The molecule has 2 aromatic rings. The first-order valence-corrected chi connectivity index (χ1v) is 9.14. The van der Waals surface area contributed by atoms with Gasteiger partial charge in [-0.15, -0.1) is 0 Å². The molecule has 0 bridgehead atoms. The Labute approximate surface area is 140 Å². The first kappa shape index (κ1) is 16.7. The van der Waals surface area contributed by atoms with Crippen LogP contribution in [0.4, 0.5) is 8.78 Å². The predicted molar refractivity (Wildman–Crippen MR) is 81.3 cm³/mol. The molecule has 0 aliphatic carbocycles. The van der Waals surface area contributed by atoms with Crippen LogP contribution in [0.1, 0.15) is 0 Å². The molecule has 0 atom stereocenters. The molecular formula is C12H5Br2ClF2O3S. The third-order valence-electron chi connectivity index (χ3n) is 2.36. The summed E-state index contributed by atoms with van der Waals surface area (Å²) in [4.78, 5) is -0.149. The highest BCUT2D eigenvalue weighted by Gasteiger charge is 2.16. The highest BCUT2D eigenvalue weighted by atomic mass is 79.9. The summed E-state index contributed by atoms with van der Waals surface area (Å²) in [5.74, 6) is -2.46. The minimum absolute atomic E-state index is 0.107. The van der Waals surface area contributed by atoms with Gasteiger partial charge in [-0.3, -0.25) is 0 Å². The quantitative estimate of drug-likeness (QED) is 0.465. The molecule has 0 radical (unpaired) electrons. The van der Waals surface area contributed by atoms with Crippen molar-refractivity contribution in [2.75, 3.05) is 0 Å². The maximum absolute atomic E-state index is 13.6. The van der Waals surface area contributed by atoms with E-state index in [1.54, 1.807) is 0 Å². The Morgan fingerprint density at radius 2 is 1.71 bits per heavy atom. The van der Waals surface area contributed by atoms with Crippen LogP contribution in [0.25, 0.3) is 0 Å². The van der Waals surface area contributed by atoms with Gasteiger partial charge in [-0.2, -0.15) is 4.39 Å². The van der Waals surface area contributed by atoms with Crippen molar-refractivity contribution in [2.45, 2.75) is 4.90 Å². The molecule has 0 unspecified atom stereocenters. The summed E-state index contributed by atoms with van der Waals surface area (Å²) in [6, 6.07) is 5.87. The van der Waals surface area contributed by atoms with Crippen LogP contribution in [0.3, 0.4) is 0 Å². The molecule has 0 aliphatic rings. The lowest BCUT2D eigenvalue weighted by Crippen LogP contribution is -1.95. The number of benzene rings is 2. The fourth-order valence-electron chi connectivity index (χ4n) is 1.44. The van der Waals surface area contributed by atoms with Crippen molar-refractivity contribution < 1.29 is 21.9 Å². The lowest BCUT2D eigenvalue weighted by Gasteiger charge is -2.10. The van der Waals surface area contributed by atoms with Gasteiger partial charge in [0.25, 0.3) is 9.05 Å². The summed E-state index contributed by atoms with van der Waals surface area (Å²) in [5.41, 5.74) is 0. The topological polar surface area (TPSA) is 43.4 Å².